The molecule has 4 aliphatic rings. The normalized spacial score (nSPS) is 29.6. The van der Waals surface area contributed by atoms with E-state index < -0.39 is 18.2 Å². The number of hydrogen-bond donors (Lipinski definition) is 2. The first kappa shape index (κ1) is 23.6. The van der Waals surface area contributed by atoms with E-state index in [1.165, 1.54) is 6.20 Å². The van der Waals surface area contributed by atoms with E-state index >= 15 is 0 Å². The first-order valence-electron chi connectivity index (χ1n) is 12.2. The molecule has 0 aliphatic heterocycles. The summed E-state index contributed by atoms with van der Waals surface area (Å²) in [6.45, 7) is 3.45. The lowest BCUT2D eigenvalue weighted by Crippen LogP contribution is -2.60. The second kappa shape index (κ2) is 8.80. The van der Waals surface area contributed by atoms with Gasteiger partial charge in [0.2, 0.25) is 0 Å². The number of alkyl halides is 1. The topological polar surface area (TPSA) is 117 Å². The van der Waals surface area contributed by atoms with Crippen molar-refractivity contribution in [3.05, 3.63) is 36.3 Å². The highest BCUT2D eigenvalue weighted by Gasteiger charge is 2.56. The molecule has 2 aromatic heterocycles. The Balaban J connectivity index is 1.37. The van der Waals surface area contributed by atoms with E-state index in [0.717, 1.165) is 32.1 Å². The maximum Gasteiger partial charge on any atom is 0.404 e. The Kier molecular flexibility index (Phi) is 5.93. The average Bonchev–Trinajstić information content (AvgIpc) is 3.48. The van der Waals surface area contributed by atoms with Gasteiger partial charge in [0.15, 0.2) is 5.82 Å². The zero-order valence-corrected chi connectivity index (χ0v) is 20.2. The molecule has 9 nitrogen and oxygen atoms in total. The summed E-state index contributed by atoms with van der Waals surface area (Å²) in [4.78, 5) is 24.8. The molecule has 0 spiro atoms. The van der Waals surface area contributed by atoms with Gasteiger partial charge in [0.1, 0.15) is 5.56 Å². The van der Waals surface area contributed by atoms with E-state index in [2.05, 4.69) is 15.5 Å². The lowest BCUT2D eigenvalue weighted by atomic mass is 9.48. The molecule has 10 heteroatoms. The number of aromatic nitrogens is 4. The number of carbonyl (C=O) groups excluding carboxylic acids is 2. The second-order valence-corrected chi connectivity index (χ2v) is 11.3. The van der Waals surface area contributed by atoms with Gasteiger partial charge >= 0.3 is 6.09 Å². The van der Waals surface area contributed by atoms with Gasteiger partial charge in [-0.25, -0.2) is 14.2 Å². The Morgan fingerprint density at radius 1 is 1.29 bits per heavy atom. The summed E-state index contributed by atoms with van der Waals surface area (Å²) >= 11 is 0. The van der Waals surface area contributed by atoms with E-state index in [1.54, 1.807) is 53.9 Å². The van der Waals surface area contributed by atoms with Crippen LogP contribution in [0.25, 0.3) is 12.0 Å². The van der Waals surface area contributed by atoms with Crippen LogP contribution in [0.5, 0.6) is 0 Å². The summed E-state index contributed by atoms with van der Waals surface area (Å²) < 4.78 is 21.7. The molecular formula is C25H33FN6O3. The van der Waals surface area contributed by atoms with Crippen molar-refractivity contribution in [1.82, 2.24) is 24.9 Å². The van der Waals surface area contributed by atoms with E-state index in [0.29, 0.717) is 35.7 Å². The maximum atomic E-state index is 13.5. The predicted octanol–water partition coefficient (Wildman–Crippen LogP) is 3.56. The molecule has 2 unspecified atom stereocenters. The molecule has 2 heterocycles. The number of amides is 2. The largest absolute Gasteiger partial charge is 0.449 e. The van der Waals surface area contributed by atoms with Crippen molar-refractivity contribution in [2.75, 3.05) is 13.3 Å². The molecule has 4 fully saturated rings. The molecule has 4 bridgehead atoms. The minimum atomic E-state index is -0.724. The van der Waals surface area contributed by atoms with Gasteiger partial charge in [-0.05, 0) is 55.9 Å². The monoisotopic (exact) mass is 484 g/mol. The smallest absolute Gasteiger partial charge is 0.404 e. The fourth-order valence-corrected chi connectivity index (χ4v) is 6.62. The van der Waals surface area contributed by atoms with Crippen molar-refractivity contribution in [3.8, 4) is 5.82 Å². The Morgan fingerprint density at radius 3 is 2.66 bits per heavy atom. The van der Waals surface area contributed by atoms with Crippen LogP contribution in [-0.2, 0) is 4.74 Å². The molecule has 2 atom stereocenters. The van der Waals surface area contributed by atoms with Crippen molar-refractivity contribution < 1.29 is 18.7 Å². The third-order valence-corrected chi connectivity index (χ3v) is 7.96. The van der Waals surface area contributed by atoms with Crippen LogP contribution in [0.3, 0.4) is 0 Å². The standard InChI is InChI=1S/C25H33FN6O3/c1-24(2,14-26)4-7-32-22(31-6-3-5-28-31)19(13-29-32)21(33)30-20-17-8-16-9-18(20)12-25(10-16,11-17)15-35-23(27)34/h3-7,13,16-18,20H,8-12,14-15H2,1-2H3,(H2,27,34)(H,30,33)/b7-4+. The highest BCUT2D eigenvalue weighted by molar-refractivity contribution is 5.97. The number of carbonyl (C=O) groups is 2. The van der Waals surface area contributed by atoms with Crippen molar-refractivity contribution in [2.45, 2.75) is 52.0 Å². The Bertz CT molecular complexity index is 1110. The third-order valence-electron chi connectivity index (χ3n) is 7.96. The molecule has 2 aromatic rings. The molecule has 4 aliphatic carbocycles. The summed E-state index contributed by atoms with van der Waals surface area (Å²) in [7, 11) is 0. The summed E-state index contributed by atoms with van der Waals surface area (Å²) in [6.07, 6.45) is 12.7. The van der Waals surface area contributed by atoms with Gasteiger partial charge in [-0.15, -0.1) is 0 Å². The highest BCUT2D eigenvalue weighted by Crippen LogP contribution is 2.60. The molecule has 2 amide bonds. The number of primary amides is 1. The minimum Gasteiger partial charge on any atom is -0.449 e. The molecular weight excluding hydrogens is 451 g/mol. The van der Waals surface area contributed by atoms with Gasteiger partial charge in [0.05, 0.1) is 19.5 Å². The molecule has 35 heavy (non-hydrogen) atoms. The number of nitrogens with one attached hydrogen (secondary N) is 1. The van der Waals surface area contributed by atoms with E-state index in [-0.39, 0.29) is 17.4 Å². The van der Waals surface area contributed by atoms with E-state index in [9.17, 15) is 14.0 Å². The van der Waals surface area contributed by atoms with Gasteiger partial charge in [0.25, 0.3) is 5.91 Å². The molecule has 0 radical (unpaired) electrons. The molecule has 0 saturated heterocycles. The zero-order valence-electron chi connectivity index (χ0n) is 20.2. The van der Waals surface area contributed by atoms with Gasteiger partial charge in [-0.1, -0.05) is 19.9 Å². The number of halogens is 1. The number of ether oxygens (including phenoxy) is 1. The number of nitrogens with two attached hydrogens (primary N) is 1. The number of rotatable bonds is 8. The van der Waals surface area contributed by atoms with Crippen molar-refractivity contribution in [2.24, 2.45) is 34.3 Å². The summed E-state index contributed by atoms with van der Waals surface area (Å²) in [6, 6.07) is 1.84. The lowest BCUT2D eigenvalue weighted by molar-refractivity contribution is -0.0977. The fraction of sp³-hybridized carbons (Fsp3) is 0.600. The van der Waals surface area contributed by atoms with Gasteiger partial charge in [-0.3, -0.25) is 9.18 Å². The van der Waals surface area contributed by atoms with Gasteiger partial charge in [-0.2, -0.15) is 10.2 Å². The number of nitrogens with zero attached hydrogens (tertiary/aromatic N) is 4. The van der Waals surface area contributed by atoms with Crippen LogP contribution in [0.4, 0.5) is 9.18 Å². The minimum absolute atomic E-state index is 0.0219. The van der Waals surface area contributed by atoms with Crippen LogP contribution in [0, 0.1) is 28.6 Å². The Morgan fingerprint density at radius 2 is 2.03 bits per heavy atom. The van der Waals surface area contributed by atoms with Gasteiger partial charge < -0.3 is 15.8 Å². The Labute approximate surface area is 203 Å². The molecule has 0 aromatic carbocycles. The summed E-state index contributed by atoms with van der Waals surface area (Å²) in [5.74, 6) is 1.60. The zero-order chi connectivity index (χ0) is 24.8. The van der Waals surface area contributed by atoms with Crippen LogP contribution in [0.2, 0.25) is 0 Å². The molecule has 3 N–H and O–H groups in total. The van der Waals surface area contributed by atoms with Gasteiger partial charge in [0, 0.05) is 35.5 Å². The lowest BCUT2D eigenvalue weighted by Gasteiger charge is -2.59. The summed E-state index contributed by atoms with van der Waals surface area (Å²) in [5, 5.41) is 12.0. The SMILES string of the molecule is CC(C)(/C=C/n1ncc(C(=O)NC2C3CC4CC2CC(COC(N)=O)(C4)C3)c1-n1cccn1)CF. The van der Waals surface area contributed by atoms with Crippen LogP contribution in [-0.4, -0.2) is 50.9 Å². The molecule has 188 valence electrons. The average molecular weight is 485 g/mol. The summed E-state index contributed by atoms with van der Waals surface area (Å²) in [5.41, 5.74) is 4.98. The molecule has 4 saturated carbocycles. The number of allylic oxidation sites excluding steroid dienone is 1. The van der Waals surface area contributed by atoms with Crippen LogP contribution < -0.4 is 11.1 Å². The van der Waals surface area contributed by atoms with Crippen molar-refractivity contribution in [1.29, 1.82) is 0 Å². The first-order chi connectivity index (χ1) is 16.7. The molecule has 6 rings (SSSR count). The van der Waals surface area contributed by atoms with Crippen LogP contribution >= 0.6 is 0 Å². The quantitative estimate of drug-likeness (QED) is 0.594. The van der Waals surface area contributed by atoms with E-state index in [1.807, 2.05) is 0 Å². The first-order valence-corrected chi connectivity index (χ1v) is 12.2. The highest BCUT2D eigenvalue weighted by atomic mass is 19.1. The van der Waals surface area contributed by atoms with Crippen molar-refractivity contribution >= 4 is 18.2 Å². The Hall–Kier alpha value is -3.17. The van der Waals surface area contributed by atoms with Crippen LogP contribution in [0.1, 0.15) is 56.3 Å². The maximum absolute atomic E-state index is 13.5. The second-order valence-electron chi connectivity index (χ2n) is 11.3. The van der Waals surface area contributed by atoms with Crippen LogP contribution in [0.15, 0.2) is 30.7 Å². The van der Waals surface area contributed by atoms with E-state index in [4.69, 9.17) is 10.5 Å². The van der Waals surface area contributed by atoms with Crippen molar-refractivity contribution in [3.63, 3.8) is 0 Å². The fourth-order valence-electron chi connectivity index (χ4n) is 6.62. The third kappa shape index (κ3) is 4.58. The number of hydrogen-bond acceptors (Lipinski definition) is 5. The predicted molar refractivity (Wildman–Crippen MR) is 127 cm³/mol.